The molecule has 0 spiro atoms. The van der Waals surface area contributed by atoms with E-state index in [0.717, 1.165) is 27.9 Å². The van der Waals surface area contributed by atoms with E-state index in [2.05, 4.69) is 15.4 Å². The van der Waals surface area contributed by atoms with Crippen LogP contribution in [0, 0.1) is 20.8 Å². The molecule has 1 amide bonds. The summed E-state index contributed by atoms with van der Waals surface area (Å²) >= 11 is 0. The van der Waals surface area contributed by atoms with Crippen LogP contribution in [-0.4, -0.2) is 20.7 Å². The van der Waals surface area contributed by atoms with Crippen molar-refractivity contribution < 1.29 is 4.79 Å². The molecule has 1 aromatic carbocycles. The van der Waals surface area contributed by atoms with Crippen molar-refractivity contribution in [3.05, 3.63) is 52.7 Å². The SMILES string of the molecule is Cc1ccc(C(=O)Nc2nn(C)c3nc(C)cc(C)c23)cc1. The third-order valence-corrected chi connectivity index (χ3v) is 3.66. The summed E-state index contributed by atoms with van der Waals surface area (Å²) in [5, 5.41) is 8.17. The van der Waals surface area contributed by atoms with Gasteiger partial charge in [-0.15, -0.1) is 0 Å². The standard InChI is InChI=1S/C17H18N4O/c1-10-5-7-13(8-6-10)17(22)19-15-14-11(2)9-12(3)18-16(14)21(4)20-15/h5-9H,1-4H3,(H,19,20,22). The highest BCUT2D eigenvalue weighted by Crippen LogP contribution is 2.25. The van der Waals surface area contributed by atoms with Gasteiger partial charge in [0.15, 0.2) is 11.5 Å². The predicted molar refractivity (Wildman–Crippen MR) is 87.1 cm³/mol. The molecular formula is C17H18N4O. The molecule has 2 aromatic heterocycles. The zero-order chi connectivity index (χ0) is 15.9. The maximum Gasteiger partial charge on any atom is 0.256 e. The van der Waals surface area contributed by atoms with Gasteiger partial charge in [-0.25, -0.2) is 9.67 Å². The molecule has 5 heteroatoms. The molecule has 3 aromatic rings. The molecule has 3 rings (SSSR count). The van der Waals surface area contributed by atoms with Crippen molar-refractivity contribution in [3.63, 3.8) is 0 Å². The van der Waals surface area contributed by atoms with Gasteiger partial charge in [-0.05, 0) is 44.5 Å². The first-order valence-electron chi connectivity index (χ1n) is 7.14. The van der Waals surface area contributed by atoms with Gasteiger partial charge < -0.3 is 5.32 Å². The van der Waals surface area contributed by atoms with Gasteiger partial charge in [0.2, 0.25) is 0 Å². The molecule has 2 heterocycles. The zero-order valence-electron chi connectivity index (χ0n) is 13.1. The normalized spacial score (nSPS) is 10.9. The molecule has 0 bridgehead atoms. The van der Waals surface area contributed by atoms with E-state index in [1.807, 2.05) is 58.2 Å². The van der Waals surface area contributed by atoms with Crippen LogP contribution in [0.3, 0.4) is 0 Å². The van der Waals surface area contributed by atoms with Crippen LogP contribution in [0.15, 0.2) is 30.3 Å². The summed E-state index contributed by atoms with van der Waals surface area (Å²) in [5.74, 6) is 0.382. The molecule has 112 valence electrons. The summed E-state index contributed by atoms with van der Waals surface area (Å²) in [7, 11) is 1.83. The Balaban J connectivity index is 2.01. The Morgan fingerprint density at radius 1 is 1.14 bits per heavy atom. The van der Waals surface area contributed by atoms with Gasteiger partial charge >= 0.3 is 0 Å². The first-order valence-corrected chi connectivity index (χ1v) is 7.14. The number of aromatic nitrogens is 3. The molecule has 0 saturated heterocycles. The van der Waals surface area contributed by atoms with Crippen molar-refractivity contribution in [1.82, 2.24) is 14.8 Å². The molecule has 0 saturated carbocycles. The van der Waals surface area contributed by atoms with Crippen molar-refractivity contribution in [1.29, 1.82) is 0 Å². The number of hydrogen-bond acceptors (Lipinski definition) is 3. The highest BCUT2D eigenvalue weighted by atomic mass is 16.1. The largest absolute Gasteiger partial charge is 0.304 e. The Hall–Kier alpha value is -2.69. The Bertz CT molecular complexity index is 862. The molecule has 5 nitrogen and oxygen atoms in total. The number of nitrogens with zero attached hydrogens (tertiary/aromatic N) is 3. The Kier molecular flexibility index (Phi) is 3.41. The van der Waals surface area contributed by atoms with Gasteiger partial charge in [0.25, 0.3) is 5.91 Å². The first-order chi connectivity index (χ1) is 10.5. The average Bonchev–Trinajstić information content (AvgIpc) is 2.76. The van der Waals surface area contributed by atoms with E-state index in [-0.39, 0.29) is 5.91 Å². The lowest BCUT2D eigenvalue weighted by molar-refractivity contribution is 0.102. The number of nitrogens with one attached hydrogen (secondary N) is 1. The second-order valence-electron chi connectivity index (χ2n) is 5.57. The quantitative estimate of drug-likeness (QED) is 0.790. The zero-order valence-corrected chi connectivity index (χ0v) is 13.1. The molecule has 0 aliphatic carbocycles. The fourth-order valence-corrected chi connectivity index (χ4v) is 2.56. The number of anilines is 1. The second-order valence-corrected chi connectivity index (χ2v) is 5.57. The van der Waals surface area contributed by atoms with Gasteiger partial charge in [-0.3, -0.25) is 4.79 Å². The maximum absolute atomic E-state index is 12.4. The van der Waals surface area contributed by atoms with Crippen molar-refractivity contribution in [2.24, 2.45) is 7.05 Å². The Morgan fingerprint density at radius 2 is 1.82 bits per heavy atom. The number of pyridine rings is 1. The Labute approximate surface area is 129 Å². The molecule has 0 fully saturated rings. The van der Waals surface area contributed by atoms with Crippen molar-refractivity contribution >= 4 is 22.8 Å². The second kappa shape index (κ2) is 5.26. The predicted octanol–water partition coefficient (Wildman–Crippen LogP) is 3.15. The third kappa shape index (κ3) is 2.45. The molecule has 0 atom stereocenters. The maximum atomic E-state index is 12.4. The Morgan fingerprint density at radius 3 is 2.50 bits per heavy atom. The molecule has 0 radical (unpaired) electrons. The van der Waals surface area contributed by atoms with Crippen LogP contribution in [0.5, 0.6) is 0 Å². The fraction of sp³-hybridized carbons (Fsp3) is 0.235. The number of hydrogen-bond donors (Lipinski definition) is 1. The van der Waals surface area contributed by atoms with E-state index in [1.165, 1.54) is 0 Å². The van der Waals surface area contributed by atoms with Crippen molar-refractivity contribution in [2.75, 3.05) is 5.32 Å². The minimum absolute atomic E-state index is 0.167. The minimum atomic E-state index is -0.167. The topological polar surface area (TPSA) is 59.8 Å². The summed E-state index contributed by atoms with van der Waals surface area (Å²) in [6.07, 6.45) is 0. The van der Waals surface area contributed by atoms with Crippen molar-refractivity contribution in [2.45, 2.75) is 20.8 Å². The number of fused-ring (bicyclic) bond motifs is 1. The van der Waals surface area contributed by atoms with Crippen LogP contribution >= 0.6 is 0 Å². The van der Waals surface area contributed by atoms with Crippen LogP contribution in [0.1, 0.15) is 27.2 Å². The number of amides is 1. The van der Waals surface area contributed by atoms with E-state index >= 15 is 0 Å². The monoisotopic (exact) mass is 294 g/mol. The molecule has 22 heavy (non-hydrogen) atoms. The number of carbonyl (C=O) groups is 1. The summed E-state index contributed by atoms with van der Waals surface area (Å²) in [6, 6.07) is 9.45. The van der Waals surface area contributed by atoms with Crippen LogP contribution in [-0.2, 0) is 7.05 Å². The lowest BCUT2D eigenvalue weighted by Gasteiger charge is -2.04. The van der Waals surface area contributed by atoms with Gasteiger partial charge in [0, 0.05) is 18.3 Å². The van der Waals surface area contributed by atoms with Crippen LogP contribution in [0.4, 0.5) is 5.82 Å². The number of aryl methyl sites for hydroxylation is 4. The van der Waals surface area contributed by atoms with Crippen LogP contribution in [0.25, 0.3) is 11.0 Å². The number of rotatable bonds is 2. The molecule has 0 aliphatic heterocycles. The summed E-state index contributed by atoms with van der Waals surface area (Å²) in [4.78, 5) is 16.9. The van der Waals surface area contributed by atoms with Gasteiger partial charge in [0.05, 0.1) is 5.39 Å². The molecular weight excluding hydrogens is 276 g/mol. The third-order valence-electron chi connectivity index (χ3n) is 3.66. The highest BCUT2D eigenvalue weighted by Gasteiger charge is 2.16. The van der Waals surface area contributed by atoms with Crippen LogP contribution in [0.2, 0.25) is 0 Å². The van der Waals surface area contributed by atoms with Gasteiger partial charge in [-0.2, -0.15) is 5.10 Å². The summed E-state index contributed by atoms with van der Waals surface area (Å²) < 4.78 is 1.69. The van der Waals surface area contributed by atoms with Gasteiger partial charge in [-0.1, -0.05) is 17.7 Å². The smallest absolute Gasteiger partial charge is 0.256 e. The fourth-order valence-electron chi connectivity index (χ4n) is 2.56. The van der Waals surface area contributed by atoms with E-state index in [4.69, 9.17) is 0 Å². The van der Waals surface area contributed by atoms with Gasteiger partial charge in [0.1, 0.15) is 0 Å². The number of benzene rings is 1. The number of carbonyl (C=O) groups excluding carboxylic acids is 1. The molecule has 1 N–H and O–H groups in total. The van der Waals surface area contributed by atoms with E-state index in [9.17, 15) is 4.79 Å². The molecule has 0 aliphatic rings. The summed E-state index contributed by atoms with van der Waals surface area (Å²) in [6.45, 7) is 5.94. The minimum Gasteiger partial charge on any atom is -0.304 e. The van der Waals surface area contributed by atoms with E-state index in [0.29, 0.717) is 11.4 Å². The first kappa shape index (κ1) is 14.3. The molecule has 0 unspecified atom stereocenters. The van der Waals surface area contributed by atoms with Crippen molar-refractivity contribution in [3.8, 4) is 0 Å². The lowest BCUT2D eigenvalue weighted by atomic mass is 10.1. The van der Waals surface area contributed by atoms with E-state index < -0.39 is 0 Å². The average molecular weight is 294 g/mol. The van der Waals surface area contributed by atoms with E-state index in [1.54, 1.807) is 4.68 Å². The highest BCUT2D eigenvalue weighted by molar-refractivity contribution is 6.08. The lowest BCUT2D eigenvalue weighted by Crippen LogP contribution is -2.12. The summed E-state index contributed by atoms with van der Waals surface area (Å²) in [5.41, 5.74) is 4.49. The van der Waals surface area contributed by atoms with Crippen LogP contribution < -0.4 is 5.32 Å².